The maximum absolute atomic E-state index is 12.9. The minimum Gasteiger partial charge on any atom is -0.392 e. The highest BCUT2D eigenvalue weighted by atomic mass is 19.4. The van der Waals surface area contributed by atoms with Gasteiger partial charge in [-0.1, -0.05) is 25.7 Å². The summed E-state index contributed by atoms with van der Waals surface area (Å²) in [4.78, 5) is 0. The maximum Gasteiger partial charge on any atom is 0.393 e. The van der Waals surface area contributed by atoms with Crippen LogP contribution in [0.4, 0.5) is 13.2 Å². The molecule has 4 atom stereocenters. The van der Waals surface area contributed by atoms with Crippen LogP contribution in [0.2, 0.25) is 0 Å². The van der Waals surface area contributed by atoms with E-state index in [9.17, 15) is 18.3 Å². The van der Waals surface area contributed by atoms with Crippen LogP contribution >= 0.6 is 0 Å². The molecule has 2 aliphatic rings. The first-order valence-corrected chi connectivity index (χ1v) is 6.99. The summed E-state index contributed by atoms with van der Waals surface area (Å²) < 4.78 is 38.8. The van der Waals surface area contributed by atoms with Crippen molar-refractivity contribution in [1.29, 1.82) is 0 Å². The molecule has 0 amide bonds. The van der Waals surface area contributed by atoms with E-state index in [1.807, 2.05) is 0 Å². The first kappa shape index (κ1) is 14.1. The lowest BCUT2D eigenvalue weighted by atomic mass is 9.82. The second kappa shape index (κ2) is 5.78. The topological polar surface area (TPSA) is 32.3 Å². The number of halogens is 3. The smallest absolute Gasteiger partial charge is 0.392 e. The van der Waals surface area contributed by atoms with Crippen LogP contribution in [0.15, 0.2) is 0 Å². The highest BCUT2D eigenvalue weighted by molar-refractivity contribution is 4.90. The largest absolute Gasteiger partial charge is 0.393 e. The predicted octanol–water partition coefficient (Wildman–Crippen LogP) is 3.00. The molecular weight excluding hydrogens is 243 g/mol. The summed E-state index contributed by atoms with van der Waals surface area (Å²) in [5.74, 6) is -1.24. The van der Waals surface area contributed by atoms with E-state index < -0.39 is 24.2 Å². The number of rotatable bonds is 2. The van der Waals surface area contributed by atoms with E-state index in [0.29, 0.717) is 19.3 Å². The molecule has 2 saturated carbocycles. The Bertz CT molecular complexity index is 269. The molecule has 5 heteroatoms. The summed E-state index contributed by atoms with van der Waals surface area (Å²) in [6, 6.07) is -0.650. The Hall–Kier alpha value is -0.290. The summed E-state index contributed by atoms with van der Waals surface area (Å²) in [5, 5.41) is 12.9. The van der Waals surface area contributed by atoms with Crippen molar-refractivity contribution >= 4 is 0 Å². The van der Waals surface area contributed by atoms with Gasteiger partial charge in [0.15, 0.2) is 0 Å². The quantitative estimate of drug-likeness (QED) is 0.804. The first-order valence-electron chi connectivity index (χ1n) is 6.99. The number of aliphatic hydroxyl groups excluding tert-OH is 1. The molecule has 0 aromatic heterocycles. The molecule has 106 valence electrons. The fourth-order valence-corrected chi connectivity index (χ4v) is 3.30. The Morgan fingerprint density at radius 2 is 1.39 bits per heavy atom. The lowest BCUT2D eigenvalue weighted by Gasteiger charge is -2.38. The van der Waals surface area contributed by atoms with Crippen LogP contribution in [0.1, 0.15) is 51.4 Å². The molecule has 18 heavy (non-hydrogen) atoms. The molecule has 0 bridgehead atoms. The molecular formula is C13H22F3NO. The van der Waals surface area contributed by atoms with Crippen molar-refractivity contribution in [1.82, 2.24) is 5.32 Å². The molecule has 0 saturated heterocycles. The first-order chi connectivity index (χ1) is 8.48. The number of alkyl halides is 3. The summed E-state index contributed by atoms with van der Waals surface area (Å²) in [6.07, 6.45) is 1.21. The van der Waals surface area contributed by atoms with E-state index in [1.165, 1.54) is 0 Å². The normalized spacial score (nSPS) is 38.7. The lowest BCUT2D eigenvalue weighted by molar-refractivity contribution is -0.190. The highest BCUT2D eigenvalue weighted by Crippen LogP contribution is 2.38. The Labute approximate surface area is 106 Å². The van der Waals surface area contributed by atoms with E-state index in [0.717, 1.165) is 25.7 Å². The van der Waals surface area contributed by atoms with Gasteiger partial charge in [-0.15, -0.1) is 0 Å². The van der Waals surface area contributed by atoms with Crippen molar-refractivity contribution in [3.8, 4) is 0 Å². The second-order valence-electron chi connectivity index (χ2n) is 5.66. The van der Waals surface area contributed by atoms with E-state index >= 15 is 0 Å². The van der Waals surface area contributed by atoms with Gasteiger partial charge >= 0.3 is 6.18 Å². The van der Waals surface area contributed by atoms with Gasteiger partial charge in [0.25, 0.3) is 0 Å². The van der Waals surface area contributed by atoms with Crippen LogP contribution in [0.25, 0.3) is 0 Å². The zero-order valence-electron chi connectivity index (χ0n) is 10.5. The fraction of sp³-hybridized carbons (Fsp3) is 1.00. The minimum atomic E-state index is -4.11. The number of aliphatic hydroxyl groups is 1. The summed E-state index contributed by atoms with van der Waals surface area (Å²) in [7, 11) is 0. The SMILES string of the molecule is OC1CCCCC1NC1CCCCC1C(F)(F)F. The van der Waals surface area contributed by atoms with E-state index in [4.69, 9.17) is 0 Å². The third-order valence-corrected chi connectivity index (χ3v) is 4.34. The Kier molecular flexibility index (Phi) is 4.54. The monoisotopic (exact) mass is 265 g/mol. The molecule has 0 spiro atoms. The maximum atomic E-state index is 12.9. The van der Waals surface area contributed by atoms with Gasteiger partial charge in [0.1, 0.15) is 0 Å². The molecule has 0 aromatic carbocycles. The number of hydrogen-bond donors (Lipinski definition) is 2. The molecule has 4 unspecified atom stereocenters. The average molecular weight is 265 g/mol. The van der Waals surface area contributed by atoms with E-state index in [-0.39, 0.29) is 12.5 Å². The minimum absolute atomic E-state index is 0.147. The van der Waals surface area contributed by atoms with E-state index in [2.05, 4.69) is 5.32 Å². The zero-order chi connectivity index (χ0) is 13.2. The molecule has 0 aliphatic heterocycles. The van der Waals surface area contributed by atoms with Gasteiger partial charge < -0.3 is 10.4 Å². The number of nitrogens with one attached hydrogen (secondary N) is 1. The predicted molar refractivity (Wildman–Crippen MR) is 63.2 cm³/mol. The van der Waals surface area contributed by atoms with E-state index in [1.54, 1.807) is 0 Å². The van der Waals surface area contributed by atoms with Gasteiger partial charge in [0.05, 0.1) is 12.0 Å². The Morgan fingerprint density at radius 1 is 0.833 bits per heavy atom. The van der Waals surface area contributed by atoms with Crippen molar-refractivity contribution in [2.75, 3.05) is 0 Å². The van der Waals surface area contributed by atoms with Crippen molar-refractivity contribution < 1.29 is 18.3 Å². The Morgan fingerprint density at radius 3 is 2.00 bits per heavy atom. The standard InChI is InChI=1S/C13H22F3NO/c14-13(15,16)9-5-1-2-6-10(9)17-11-7-3-4-8-12(11)18/h9-12,17-18H,1-8H2. The van der Waals surface area contributed by atoms with Crippen LogP contribution in [-0.2, 0) is 0 Å². The Balaban J connectivity index is 1.96. The van der Waals surface area contributed by atoms with Gasteiger partial charge in [-0.3, -0.25) is 0 Å². The molecule has 2 fully saturated rings. The molecule has 0 aromatic rings. The molecule has 2 aliphatic carbocycles. The van der Waals surface area contributed by atoms with Gasteiger partial charge in [-0.2, -0.15) is 13.2 Å². The van der Waals surface area contributed by atoms with Crippen LogP contribution in [-0.4, -0.2) is 29.5 Å². The van der Waals surface area contributed by atoms with Crippen LogP contribution in [0, 0.1) is 5.92 Å². The van der Waals surface area contributed by atoms with Gasteiger partial charge in [-0.05, 0) is 25.7 Å². The summed E-state index contributed by atoms with van der Waals surface area (Å²) in [6.45, 7) is 0. The van der Waals surface area contributed by atoms with Crippen molar-refractivity contribution in [3.05, 3.63) is 0 Å². The van der Waals surface area contributed by atoms with Gasteiger partial charge in [-0.25, -0.2) is 0 Å². The van der Waals surface area contributed by atoms with Crippen LogP contribution in [0.5, 0.6) is 0 Å². The third-order valence-electron chi connectivity index (χ3n) is 4.34. The van der Waals surface area contributed by atoms with Gasteiger partial charge in [0, 0.05) is 12.1 Å². The van der Waals surface area contributed by atoms with Crippen molar-refractivity contribution in [2.24, 2.45) is 5.92 Å². The summed E-state index contributed by atoms with van der Waals surface area (Å²) >= 11 is 0. The lowest BCUT2D eigenvalue weighted by Crippen LogP contribution is -2.53. The molecule has 0 heterocycles. The molecule has 0 radical (unpaired) electrons. The van der Waals surface area contributed by atoms with Crippen LogP contribution in [0.3, 0.4) is 0 Å². The molecule has 2 nitrogen and oxygen atoms in total. The van der Waals surface area contributed by atoms with Gasteiger partial charge in [0.2, 0.25) is 0 Å². The average Bonchev–Trinajstić information content (AvgIpc) is 2.31. The molecule has 2 N–H and O–H groups in total. The summed E-state index contributed by atoms with van der Waals surface area (Å²) in [5.41, 5.74) is 0. The van der Waals surface area contributed by atoms with Crippen molar-refractivity contribution in [3.63, 3.8) is 0 Å². The van der Waals surface area contributed by atoms with Crippen molar-refractivity contribution in [2.45, 2.75) is 75.7 Å². The second-order valence-corrected chi connectivity index (χ2v) is 5.66. The fourth-order valence-electron chi connectivity index (χ4n) is 3.30. The number of hydrogen-bond acceptors (Lipinski definition) is 2. The highest BCUT2D eigenvalue weighted by Gasteiger charge is 2.46. The third kappa shape index (κ3) is 3.38. The zero-order valence-corrected chi connectivity index (χ0v) is 10.5. The van der Waals surface area contributed by atoms with Crippen LogP contribution < -0.4 is 5.32 Å². The molecule has 2 rings (SSSR count).